The summed E-state index contributed by atoms with van der Waals surface area (Å²) >= 11 is 0. The lowest BCUT2D eigenvalue weighted by molar-refractivity contribution is -0.128. The van der Waals surface area contributed by atoms with E-state index in [1.807, 2.05) is 20.8 Å². The maximum absolute atomic E-state index is 12.4. The van der Waals surface area contributed by atoms with Gasteiger partial charge in [0.15, 0.2) is 0 Å². The molecule has 1 aliphatic carbocycles. The van der Waals surface area contributed by atoms with Crippen LogP contribution in [0.25, 0.3) is 0 Å². The SMILES string of the molecule is CC(C)(C)NC(=O)C1CCC(C(F)F)CC1. The van der Waals surface area contributed by atoms with Crippen LogP contribution in [0.5, 0.6) is 0 Å². The lowest BCUT2D eigenvalue weighted by Gasteiger charge is -2.30. The van der Waals surface area contributed by atoms with Gasteiger partial charge in [-0.15, -0.1) is 0 Å². The second-order valence-electron chi connectivity index (χ2n) is 5.69. The highest BCUT2D eigenvalue weighted by molar-refractivity contribution is 5.79. The largest absolute Gasteiger partial charge is 0.351 e. The molecular formula is C12H21F2NO. The van der Waals surface area contributed by atoms with Crippen molar-refractivity contribution in [2.75, 3.05) is 0 Å². The van der Waals surface area contributed by atoms with Crippen molar-refractivity contribution in [3.8, 4) is 0 Å². The predicted octanol–water partition coefficient (Wildman–Crippen LogP) is 2.97. The van der Waals surface area contributed by atoms with E-state index < -0.39 is 12.3 Å². The Hall–Kier alpha value is -0.670. The van der Waals surface area contributed by atoms with Crippen molar-refractivity contribution in [1.29, 1.82) is 0 Å². The molecule has 0 aliphatic heterocycles. The first-order valence-corrected chi connectivity index (χ1v) is 5.90. The minimum absolute atomic E-state index is 0.0141. The minimum Gasteiger partial charge on any atom is -0.351 e. The number of halogens is 2. The summed E-state index contributed by atoms with van der Waals surface area (Å²) in [5, 5.41) is 2.91. The fourth-order valence-corrected chi connectivity index (χ4v) is 2.11. The number of rotatable bonds is 2. The molecule has 1 amide bonds. The van der Waals surface area contributed by atoms with Gasteiger partial charge >= 0.3 is 0 Å². The van der Waals surface area contributed by atoms with Gasteiger partial charge in [0.25, 0.3) is 0 Å². The van der Waals surface area contributed by atoms with Crippen LogP contribution < -0.4 is 5.32 Å². The monoisotopic (exact) mass is 233 g/mol. The summed E-state index contributed by atoms with van der Waals surface area (Å²) in [5.74, 6) is -0.562. The predicted molar refractivity (Wildman–Crippen MR) is 59.3 cm³/mol. The van der Waals surface area contributed by atoms with E-state index in [0.29, 0.717) is 25.7 Å². The molecule has 0 radical (unpaired) electrons. The second-order valence-corrected chi connectivity index (χ2v) is 5.69. The van der Waals surface area contributed by atoms with E-state index in [1.54, 1.807) is 0 Å². The Balaban J connectivity index is 2.39. The molecule has 1 N–H and O–H groups in total. The minimum atomic E-state index is -2.23. The lowest BCUT2D eigenvalue weighted by Crippen LogP contribution is -2.44. The first-order valence-electron chi connectivity index (χ1n) is 5.90. The second kappa shape index (κ2) is 5.11. The van der Waals surface area contributed by atoms with Gasteiger partial charge in [-0.3, -0.25) is 4.79 Å². The summed E-state index contributed by atoms with van der Waals surface area (Å²) < 4.78 is 24.8. The van der Waals surface area contributed by atoms with Gasteiger partial charge < -0.3 is 5.32 Å². The Morgan fingerprint density at radius 3 is 2.06 bits per heavy atom. The average molecular weight is 233 g/mol. The Morgan fingerprint density at radius 1 is 1.19 bits per heavy atom. The Bertz CT molecular complexity index is 240. The molecule has 2 nitrogen and oxygen atoms in total. The quantitative estimate of drug-likeness (QED) is 0.780. The van der Waals surface area contributed by atoms with Crippen LogP contribution in [0, 0.1) is 11.8 Å². The molecule has 0 saturated heterocycles. The first kappa shape index (κ1) is 13.4. The maximum atomic E-state index is 12.4. The van der Waals surface area contributed by atoms with Crippen LogP contribution in [0.15, 0.2) is 0 Å². The van der Waals surface area contributed by atoms with Crippen LogP contribution in [-0.4, -0.2) is 17.9 Å². The fraction of sp³-hybridized carbons (Fsp3) is 0.917. The first-order chi connectivity index (χ1) is 7.29. The van der Waals surface area contributed by atoms with E-state index in [1.165, 1.54) is 0 Å². The highest BCUT2D eigenvalue weighted by Gasteiger charge is 2.31. The number of nitrogens with one attached hydrogen (secondary N) is 1. The van der Waals surface area contributed by atoms with Gasteiger partial charge in [0.05, 0.1) is 0 Å². The average Bonchev–Trinajstić information content (AvgIpc) is 2.15. The number of amides is 1. The van der Waals surface area contributed by atoms with Gasteiger partial charge in [0.2, 0.25) is 12.3 Å². The molecule has 0 bridgehead atoms. The van der Waals surface area contributed by atoms with Gasteiger partial charge in [-0.2, -0.15) is 0 Å². The van der Waals surface area contributed by atoms with Gasteiger partial charge in [0.1, 0.15) is 0 Å². The third-order valence-corrected chi connectivity index (χ3v) is 3.00. The van der Waals surface area contributed by atoms with Crippen molar-refractivity contribution in [3.05, 3.63) is 0 Å². The normalized spacial score (nSPS) is 26.9. The van der Waals surface area contributed by atoms with E-state index in [-0.39, 0.29) is 17.4 Å². The van der Waals surface area contributed by atoms with Crippen molar-refractivity contribution in [3.63, 3.8) is 0 Å². The Labute approximate surface area is 95.8 Å². The van der Waals surface area contributed by atoms with E-state index in [9.17, 15) is 13.6 Å². The molecule has 4 heteroatoms. The number of hydrogen-bond donors (Lipinski definition) is 1. The number of carbonyl (C=O) groups is 1. The van der Waals surface area contributed by atoms with Crippen LogP contribution >= 0.6 is 0 Å². The molecule has 0 spiro atoms. The zero-order chi connectivity index (χ0) is 12.3. The third kappa shape index (κ3) is 4.06. The van der Waals surface area contributed by atoms with Crippen molar-refractivity contribution in [1.82, 2.24) is 5.32 Å². The summed E-state index contributed by atoms with van der Waals surface area (Å²) in [6.07, 6.45) is -0.0974. The van der Waals surface area contributed by atoms with Gasteiger partial charge in [0, 0.05) is 17.4 Å². The van der Waals surface area contributed by atoms with Crippen LogP contribution in [0.1, 0.15) is 46.5 Å². The highest BCUT2D eigenvalue weighted by atomic mass is 19.3. The molecule has 0 atom stereocenters. The maximum Gasteiger partial charge on any atom is 0.241 e. The van der Waals surface area contributed by atoms with E-state index in [2.05, 4.69) is 5.32 Å². The molecule has 1 rings (SSSR count). The zero-order valence-electron chi connectivity index (χ0n) is 10.2. The summed E-state index contributed by atoms with van der Waals surface area (Å²) in [5.41, 5.74) is -0.239. The number of carbonyl (C=O) groups excluding carboxylic acids is 1. The van der Waals surface area contributed by atoms with E-state index in [4.69, 9.17) is 0 Å². The molecule has 0 aromatic heterocycles. The van der Waals surface area contributed by atoms with Crippen molar-refractivity contribution in [2.24, 2.45) is 11.8 Å². The number of hydrogen-bond acceptors (Lipinski definition) is 1. The standard InChI is InChI=1S/C12H21F2NO/c1-12(2,3)15-11(16)9-6-4-8(5-7-9)10(13)14/h8-10H,4-7H2,1-3H3,(H,15,16). The molecule has 0 aromatic rings. The topological polar surface area (TPSA) is 29.1 Å². The smallest absolute Gasteiger partial charge is 0.241 e. The van der Waals surface area contributed by atoms with Gasteiger partial charge in [-0.05, 0) is 46.5 Å². The molecule has 1 saturated carbocycles. The summed E-state index contributed by atoms with van der Waals surface area (Å²) in [6, 6.07) is 0. The van der Waals surface area contributed by atoms with Crippen LogP contribution in [0.4, 0.5) is 8.78 Å². The lowest BCUT2D eigenvalue weighted by atomic mass is 9.81. The fourth-order valence-electron chi connectivity index (χ4n) is 2.11. The third-order valence-electron chi connectivity index (χ3n) is 3.00. The molecule has 94 valence electrons. The van der Waals surface area contributed by atoms with E-state index in [0.717, 1.165) is 0 Å². The van der Waals surface area contributed by atoms with Crippen molar-refractivity contribution in [2.45, 2.75) is 58.4 Å². The van der Waals surface area contributed by atoms with Crippen LogP contribution in [0.3, 0.4) is 0 Å². The summed E-state index contributed by atoms with van der Waals surface area (Å²) in [7, 11) is 0. The molecule has 0 aromatic carbocycles. The van der Waals surface area contributed by atoms with Gasteiger partial charge in [-0.1, -0.05) is 0 Å². The van der Waals surface area contributed by atoms with Crippen molar-refractivity contribution >= 4 is 5.91 Å². The highest BCUT2D eigenvalue weighted by Crippen LogP contribution is 2.32. The Kier molecular flexibility index (Phi) is 4.28. The summed E-state index contributed by atoms with van der Waals surface area (Å²) in [4.78, 5) is 11.8. The number of alkyl halides is 2. The molecule has 0 heterocycles. The molecule has 1 fully saturated rings. The Morgan fingerprint density at radius 2 is 1.69 bits per heavy atom. The molecular weight excluding hydrogens is 212 g/mol. The van der Waals surface area contributed by atoms with E-state index >= 15 is 0 Å². The van der Waals surface area contributed by atoms with Gasteiger partial charge in [-0.25, -0.2) is 8.78 Å². The molecule has 1 aliphatic rings. The van der Waals surface area contributed by atoms with Crippen LogP contribution in [-0.2, 0) is 4.79 Å². The molecule has 0 unspecified atom stereocenters. The van der Waals surface area contributed by atoms with Crippen molar-refractivity contribution < 1.29 is 13.6 Å². The molecule has 16 heavy (non-hydrogen) atoms. The zero-order valence-corrected chi connectivity index (χ0v) is 10.2. The summed E-state index contributed by atoms with van der Waals surface area (Å²) in [6.45, 7) is 5.78. The van der Waals surface area contributed by atoms with Crippen LogP contribution in [0.2, 0.25) is 0 Å².